The van der Waals surface area contributed by atoms with E-state index in [2.05, 4.69) is 5.10 Å². The quantitative estimate of drug-likeness (QED) is 0.459. The summed E-state index contributed by atoms with van der Waals surface area (Å²) in [6, 6.07) is -1.19. The molecule has 8 heteroatoms. The second-order valence-electron chi connectivity index (χ2n) is 5.33. The fourth-order valence-electron chi connectivity index (χ4n) is 2.50. The first-order chi connectivity index (χ1) is 9.94. The Bertz CT molecular complexity index is 493. The molecule has 0 bridgehead atoms. The lowest BCUT2D eigenvalue weighted by atomic mass is 9.89. The maximum atomic E-state index is 14.0. The molecule has 6 nitrogen and oxygen atoms in total. The first-order valence-corrected chi connectivity index (χ1v) is 7.12. The summed E-state index contributed by atoms with van der Waals surface area (Å²) < 4.78 is 34.7. The van der Waals surface area contributed by atoms with Crippen molar-refractivity contribution in [2.75, 3.05) is 6.61 Å². The minimum absolute atomic E-state index is 0.121. The summed E-state index contributed by atoms with van der Waals surface area (Å²) in [6.07, 6.45) is 3.82. The van der Waals surface area contributed by atoms with Crippen LogP contribution < -0.4 is 0 Å². The van der Waals surface area contributed by atoms with Crippen LogP contribution in [0.3, 0.4) is 0 Å². The molecule has 2 rings (SSSR count). The Morgan fingerprint density at radius 2 is 2.38 bits per heavy atom. The van der Waals surface area contributed by atoms with Crippen LogP contribution in [0.4, 0.5) is 14.5 Å². The van der Waals surface area contributed by atoms with Gasteiger partial charge < -0.3 is 4.74 Å². The predicted molar refractivity (Wildman–Crippen MR) is 71.4 cm³/mol. The van der Waals surface area contributed by atoms with Crippen LogP contribution in [0.5, 0.6) is 0 Å². The van der Waals surface area contributed by atoms with Crippen molar-refractivity contribution in [3.8, 4) is 0 Å². The second kappa shape index (κ2) is 6.46. The van der Waals surface area contributed by atoms with E-state index in [1.165, 1.54) is 0 Å². The zero-order valence-electron chi connectivity index (χ0n) is 11.9. The zero-order chi connectivity index (χ0) is 15.5. The largest absolute Gasteiger partial charge is 0.378 e. The first kappa shape index (κ1) is 15.8. The van der Waals surface area contributed by atoms with Gasteiger partial charge in [-0.3, -0.25) is 14.8 Å². The molecule has 0 N–H and O–H groups in total. The molecule has 1 aliphatic carbocycles. The number of rotatable bonds is 6. The third-order valence-corrected chi connectivity index (χ3v) is 3.74. The summed E-state index contributed by atoms with van der Waals surface area (Å²) in [7, 11) is 0. The summed E-state index contributed by atoms with van der Waals surface area (Å²) in [6.45, 7) is 2.59. The van der Waals surface area contributed by atoms with Crippen molar-refractivity contribution in [3.63, 3.8) is 0 Å². The number of halogens is 2. The van der Waals surface area contributed by atoms with Gasteiger partial charge in [0.05, 0.1) is 11.0 Å². The highest BCUT2D eigenvalue weighted by atomic mass is 19.3. The molecule has 1 aromatic heterocycles. The standard InChI is InChI=1S/C13H19F2N3O3/c1-2-3-6-21-11-4-5-13(14,15)12(7-11)17-9-10(8-16-17)18(19)20/h8-9,11-12H,2-7H2,1H3. The van der Waals surface area contributed by atoms with Gasteiger partial charge in [-0.1, -0.05) is 13.3 Å². The van der Waals surface area contributed by atoms with Gasteiger partial charge >= 0.3 is 5.69 Å². The molecule has 1 fully saturated rings. The first-order valence-electron chi connectivity index (χ1n) is 7.12. The third-order valence-electron chi connectivity index (χ3n) is 3.74. The van der Waals surface area contributed by atoms with E-state index in [9.17, 15) is 18.9 Å². The zero-order valence-corrected chi connectivity index (χ0v) is 11.9. The number of aromatic nitrogens is 2. The van der Waals surface area contributed by atoms with E-state index in [1.54, 1.807) is 0 Å². The molecule has 0 aromatic carbocycles. The Hall–Kier alpha value is -1.57. The number of ether oxygens (including phenoxy) is 1. The average molecular weight is 303 g/mol. The van der Waals surface area contributed by atoms with E-state index in [1.807, 2.05) is 6.92 Å². The predicted octanol–water partition coefficient (Wildman–Crippen LogP) is 3.34. The molecule has 0 radical (unpaired) electrons. The molecule has 0 amide bonds. The molecule has 1 aliphatic rings. The van der Waals surface area contributed by atoms with Gasteiger partial charge in [-0.05, 0) is 12.8 Å². The van der Waals surface area contributed by atoms with Crippen LogP contribution in [0, 0.1) is 10.1 Å². The van der Waals surface area contributed by atoms with Gasteiger partial charge in [0.15, 0.2) is 0 Å². The highest BCUT2D eigenvalue weighted by molar-refractivity contribution is 5.21. The number of alkyl halides is 2. The van der Waals surface area contributed by atoms with Gasteiger partial charge in [0, 0.05) is 19.4 Å². The van der Waals surface area contributed by atoms with E-state index >= 15 is 0 Å². The maximum Gasteiger partial charge on any atom is 0.307 e. The lowest BCUT2D eigenvalue weighted by molar-refractivity contribution is -0.385. The Morgan fingerprint density at radius 1 is 1.62 bits per heavy atom. The molecule has 0 spiro atoms. The summed E-state index contributed by atoms with van der Waals surface area (Å²) in [5.74, 6) is -2.93. The smallest absolute Gasteiger partial charge is 0.307 e. The highest BCUT2D eigenvalue weighted by Crippen LogP contribution is 2.42. The minimum atomic E-state index is -2.93. The molecule has 0 aliphatic heterocycles. The van der Waals surface area contributed by atoms with Crippen molar-refractivity contribution in [1.29, 1.82) is 0 Å². The van der Waals surface area contributed by atoms with Gasteiger partial charge in [0.25, 0.3) is 5.92 Å². The maximum absolute atomic E-state index is 14.0. The fourth-order valence-corrected chi connectivity index (χ4v) is 2.50. The number of nitro groups is 1. The number of hydrogen-bond acceptors (Lipinski definition) is 4. The lowest BCUT2D eigenvalue weighted by Gasteiger charge is -2.35. The Kier molecular flexibility index (Phi) is 4.87. The summed E-state index contributed by atoms with van der Waals surface area (Å²) in [5.41, 5.74) is -0.278. The van der Waals surface area contributed by atoms with Gasteiger partial charge in [-0.15, -0.1) is 0 Å². The van der Waals surface area contributed by atoms with Crippen LogP contribution in [0.1, 0.15) is 45.1 Å². The van der Waals surface area contributed by atoms with Gasteiger partial charge in [-0.25, -0.2) is 8.78 Å². The topological polar surface area (TPSA) is 70.2 Å². The number of unbranched alkanes of at least 4 members (excludes halogenated alkanes) is 1. The monoisotopic (exact) mass is 303 g/mol. The normalized spacial score (nSPS) is 24.9. The van der Waals surface area contributed by atoms with Crippen LogP contribution in [0.15, 0.2) is 12.4 Å². The fraction of sp³-hybridized carbons (Fsp3) is 0.769. The Morgan fingerprint density at radius 3 is 3.00 bits per heavy atom. The Labute approximate surface area is 121 Å². The van der Waals surface area contributed by atoms with Crippen LogP contribution in [-0.2, 0) is 4.74 Å². The van der Waals surface area contributed by atoms with E-state index in [0.29, 0.717) is 13.0 Å². The summed E-state index contributed by atoms with van der Waals surface area (Å²) >= 11 is 0. The molecular weight excluding hydrogens is 284 g/mol. The van der Waals surface area contributed by atoms with Crippen molar-refractivity contribution in [2.24, 2.45) is 0 Å². The van der Waals surface area contributed by atoms with Crippen molar-refractivity contribution in [3.05, 3.63) is 22.5 Å². The van der Waals surface area contributed by atoms with Crippen LogP contribution >= 0.6 is 0 Å². The van der Waals surface area contributed by atoms with Crippen LogP contribution in [0.2, 0.25) is 0 Å². The van der Waals surface area contributed by atoms with Gasteiger partial charge in [-0.2, -0.15) is 5.10 Å². The van der Waals surface area contributed by atoms with Crippen molar-refractivity contribution in [2.45, 2.75) is 57.1 Å². The summed E-state index contributed by atoms with van der Waals surface area (Å²) in [4.78, 5) is 10.00. The molecule has 2 atom stereocenters. The van der Waals surface area contributed by atoms with E-state index in [4.69, 9.17) is 4.74 Å². The molecule has 0 saturated heterocycles. The molecule has 1 heterocycles. The van der Waals surface area contributed by atoms with Gasteiger partial charge in [0.1, 0.15) is 18.4 Å². The SMILES string of the molecule is CCCCOC1CCC(F)(F)C(n2cc([N+](=O)[O-])cn2)C1. The van der Waals surface area contributed by atoms with Crippen molar-refractivity contribution in [1.82, 2.24) is 9.78 Å². The van der Waals surface area contributed by atoms with Crippen LogP contribution in [0.25, 0.3) is 0 Å². The number of nitrogens with zero attached hydrogens (tertiary/aromatic N) is 3. The minimum Gasteiger partial charge on any atom is -0.378 e. The summed E-state index contributed by atoms with van der Waals surface area (Å²) in [5, 5.41) is 14.4. The molecule has 1 saturated carbocycles. The van der Waals surface area contributed by atoms with E-state index in [-0.39, 0.29) is 24.6 Å². The van der Waals surface area contributed by atoms with Crippen molar-refractivity contribution < 1.29 is 18.4 Å². The Balaban J connectivity index is 2.07. The third kappa shape index (κ3) is 3.75. The molecule has 1 aromatic rings. The van der Waals surface area contributed by atoms with Gasteiger partial charge in [0.2, 0.25) is 0 Å². The number of hydrogen-bond donors (Lipinski definition) is 0. The average Bonchev–Trinajstić information content (AvgIpc) is 2.90. The molecular formula is C13H19F2N3O3. The van der Waals surface area contributed by atoms with E-state index < -0.39 is 16.9 Å². The molecule has 118 valence electrons. The molecule has 2 unspecified atom stereocenters. The van der Waals surface area contributed by atoms with Crippen LogP contribution in [-0.4, -0.2) is 33.3 Å². The van der Waals surface area contributed by atoms with E-state index in [0.717, 1.165) is 29.9 Å². The lowest BCUT2D eigenvalue weighted by Crippen LogP contribution is -2.40. The highest BCUT2D eigenvalue weighted by Gasteiger charge is 2.46. The molecule has 21 heavy (non-hydrogen) atoms. The second-order valence-corrected chi connectivity index (χ2v) is 5.33. The van der Waals surface area contributed by atoms with Crippen molar-refractivity contribution >= 4 is 5.69 Å².